The first-order chi connectivity index (χ1) is 7.45. The van der Waals surface area contributed by atoms with Gasteiger partial charge in [-0.3, -0.25) is 0 Å². The molecule has 1 unspecified atom stereocenters. The molecule has 0 aromatic carbocycles. The van der Waals surface area contributed by atoms with Crippen LogP contribution in [-0.4, -0.2) is 49.7 Å². The monoisotopic (exact) mass is 233 g/mol. The van der Waals surface area contributed by atoms with Crippen molar-refractivity contribution in [2.24, 2.45) is 0 Å². The Morgan fingerprint density at radius 3 is 2.56 bits per heavy atom. The van der Waals surface area contributed by atoms with E-state index < -0.39 is 6.10 Å². The van der Waals surface area contributed by atoms with Gasteiger partial charge in [-0.05, 0) is 40.7 Å². The van der Waals surface area contributed by atoms with Crippen molar-refractivity contribution in [2.45, 2.75) is 45.8 Å². The molecule has 0 bridgehead atoms. The first-order valence-electron chi connectivity index (χ1n) is 6.06. The summed E-state index contributed by atoms with van der Waals surface area (Å²) in [6.45, 7) is 11.3. The molecule has 0 aromatic heterocycles. The molecule has 16 heavy (non-hydrogen) atoms. The fraction of sp³-hybridized carbons (Fsp3) is 1.00. The quantitative estimate of drug-likeness (QED) is 0.587. The lowest BCUT2D eigenvalue weighted by molar-refractivity contribution is -0.0478. The maximum Gasteiger partial charge on any atom is 0.0897 e. The van der Waals surface area contributed by atoms with Gasteiger partial charge < -0.3 is 19.9 Å². The van der Waals surface area contributed by atoms with Gasteiger partial charge in [0.1, 0.15) is 0 Å². The van der Waals surface area contributed by atoms with Crippen molar-refractivity contribution < 1.29 is 14.6 Å². The SMILES string of the molecule is CCOCCCNCC(O)COC(C)(C)C. The molecule has 0 heterocycles. The van der Waals surface area contributed by atoms with Crippen molar-refractivity contribution in [3.63, 3.8) is 0 Å². The third kappa shape index (κ3) is 11.9. The van der Waals surface area contributed by atoms with Crippen LogP contribution in [0.25, 0.3) is 0 Å². The molecule has 0 aliphatic carbocycles. The van der Waals surface area contributed by atoms with Crippen LogP contribution >= 0.6 is 0 Å². The van der Waals surface area contributed by atoms with E-state index >= 15 is 0 Å². The number of hydrogen-bond acceptors (Lipinski definition) is 4. The molecule has 0 amide bonds. The Kier molecular flexibility index (Phi) is 8.84. The van der Waals surface area contributed by atoms with E-state index in [9.17, 15) is 5.11 Å². The zero-order chi connectivity index (χ0) is 12.4. The largest absolute Gasteiger partial charge is 0.389 e. The van der Waals surface area contributed by atoms with E-state index in [2.05, 4.69) is 5.32 Å². The summed E-state index contributed by atoms with van der Waals surface area (Å²) in [4.78, 5) is 0. The Balaban J connectivity index is 3.27. The maximum absolute atomic E-state index is 9.60. The van der Waals surface area contributed by atoms with Crippen LogP contribution in [0, 0.1) is 0 Å². The molecule has 0 aliphatic heterocycles. The average molecular weight is 233 g/mol. The maximum atomic E-state index is 9.60. The number of nitrogens with one attached hydrogen (secondary N) is 1. The lowest BCUT2D eigenvalue weighted by atomic mass is 10.2. The standard InChI is InChI=1S/C12H27NO3/c1-5-15-8-6-7-13-9-11(14)10-16-12(2,3)4/h11,13-14H,5-10H2,1-4H3. The second-order valence-corrected chi connectivity index (χ2v) is 4.83. The van der Waals surface area contributed by atoms with Gasteiger partial charge in [-0.15, -0.1) is 0 Å². The molecule has 2 N–H and O–H groups in total. The van der Waals surface area contributed by atoms with Crippen molar-refractivity contribution in [1.82, 2.24) is 5.32 Å². The molecule has 98 valence electrons. The summed E-state index contributed by atoms with van der Waals surface area (Å²) in [7, 11) is 0. The molecule has 0 saturated carbocycles. The van der Waals surface area contributed by atoms with Crippen LogP contribution in [-0.2, 0) is 9.47 Å². The van der Waals surface area contributed by atoms with Gasteiger partial charge in [0.15, 0.2) is 0 Å². The van der Waals surface area contributed by atoms with Crippen LogP contribution < -0.4 is 5.32 Å². The van der Waals surface area contributed by atoms with Crippen molar-refractivity contribution in [1.29, 1.82) is 0 Å². The highest BCUT2D eigenvalue weighted by molar-refractivity contribution is 4.64. The minimum Gasteiger partial charge on any atom is -0.389 e. The Bertz CT molecular complexity index is 157. The molecule has 4 nitrogen and oxygen atoms in total. The van der Waals surface area contributed by atoms with E-state index in [1.165, 1.54) is 0 Å². The predicted octanol–water partition coefficient (Wildman–Crippen LogP) is 1.18. The summed E-state index contributed by atoms with van der Waals surface area (Å²) in [5, 5.41) is 12.8. The highest BCUT2D eigenvalue weighted by atomic mass is 16.5. The van der Waals surface area contributed by atoms with Gasteiger partial charge in [-0.2, -0.15) is 0 Å². The Morgan fingerprint density at radius 2 is 2.00 bits per heavy atom. The third-order valence-corrected chi connectivity index (χ3v) is 1.94. The molecule has 0 aliphatic rings. The zero-order valence-corrected chi connectivity index (χ0v) is 11.1. The van der Waals surface area contributed by atoms with Gasteiger partial charge in [0, 0.05) is 19.8 Å². The van der Waals surface area contributed by atoms with Crippen LogP contribution in [0.1, 0.15) is 34.1 Å². The van der Waals surface area contributed by atoms with Crippen LogP contribution in [0.2, 0.25) is 0 Å². The molecule has 0 spiro atoms. The fourth-order valence-electron chi connectivity index (χ4n) is 1.12. The molecule has 0 rings (SSSR count). The van der Waals surface area contributed by atoms with Gasteiger partial charge in [0.05, 0.1) is 18.3 Å². The summed E-state index contributed by atoms with van der Waals surface area (Å²) >= 11 is 0. The average Bonchev–Trinajstić information content (AvgIpc) is 2.19. The summed E-state index contributed by atoms with van der Waals surface area (Å²) in [5.74, 6) is 0. The summed E-state index contributed by atoms with van der Waals surface area (Å²) < 4.78 is 10.7. The van der Waals surface area contributed by atoms with Gasteiger partial charge in [-0.1, -0.05) is 0 Å². The lowest BCUT2D eigenvalue weighted by Crippen LogP contribution is -2.34. The molecular formula is C12H27NO3. The van der Waals surface area contributed by atoms with E-state index in [0.29, 0.717) is 13.2 Å². The van der Waals surface area contributed by atoms with E-state index in [0.717, 1.165) is 26.2 Å². The second kappa shape index (κ2) is 8.93. The number of ether oxygens (including phenoxy) is 2. The van der Waals surface area contributed by atoms with Crippen molar-refractivity contribution in [3.05, 3.63) is 0 Å². The van der Waals surface area contributed by atoms with E-state index in [1.54, 1.807) is 0 Å². The Labute approximate surface area is 99.3 Å². The van der Waals surface area contributed by atoms with E-state index in [1.807, 2.05) is 27.7 Å². The minimum absolute atomic E-state index is 0.185. The zero-order valence-electron chi connectivity index (χ0n) is 11.1. The Morgan fingerprint density at radius 1 is 1.31 bits per heavy atom. The van der Waals surface area contributed by atoms with E-state index in [4.69, 9.17) is 9.47 Å². The van der Waals surface area contributed by atoms with Gasteiger partial charge in [-0.25, -0.2) is 0 Å². The summed E-state index contributed by atoms with van der Waals surface area (Å²) in [5.41, 5.74) is -0.185. The summed E-state index contributed by atoms with van der Waals surface area (Å²) in [6, 6.07) is 0. The van der Waals surface area contributed by atoms with Crippen molar-refractivity contribution in [3.8, 4) is 0 Å². The van der Waals surface area contributed by atoms with Gasteiger partial charge >= 0.3 is 0 Å². The molecule has 0 fully saturated rings. The number of hydrogen-bond donors (Lipinski definition) is 2. The smallest absolute Gasteiger partial charge is 0.0897 e. The highest BCUT2D eigenvalue weighted by Crippen LogP contribution is 2.06. The molecule has 4 heteroatoms. The molecular weight excluding hydrogens is 206 g/mol. The van der Waals surface area contributed by atoms with Crippen LogP contribution in [0.15, 0.2) is 0 Å². The molecule has 0 radical (unpaired) electrons. The second-order valence-electron chi connectivity index (χ2n) is 4.83. The topological polar surface area (TPSA) is 50.7 Å². The lowest BCUT2D eigenvalue weighted by Gasteiger charge is -2.22. The normalized spacial score (nSPS) is 14.1. The van der Waals surface area contributed by atoms with Crippen LogP contribution in [0.3, 0.4) is 0 Å². The highest BCUT2D eigenvalue weighted by Gasteiger charge is 2.12. The summed E-state index contributed by atoms with van der Waals surface area (Å²) in [6.07, 6.45) is 0.534. The number of aliphatic hydroxyl groups excluding tert-OH is 1. The molecule has 0 saturated heterocycles. The van der Waals surface area contributed by atoms with Crippen molar-refractivity contribution >= 4 is 0 Å². The predicted molar refractivity (Wildman–Crippen MR) is 65.7 cm³/mol. The first-order valence-corrected chi connectivity index (χ1v) is 6.06. The van der Waals surface area contributed by atoms with Crippen LogP contribution in [0.5, 0.6) is 0 Å². The van der Waals surface area contributed by atoms with Gasteiger partial charge in [0.2, 0.25) is 0 Å². The third-order valence-electron chi connectivity index (χ3n) is 1.94. The van der Waals surface area contributed by atoms with Gasteiger partial charge in [0.25, 0.3) is 0 Å². The fourth-order valence-corrected chi connectivity index (χ4v) is 1.12. The first kappa shape index (κ1) is 15.8. The van der Waals surface area contributed by atoms with Crippen LogP contribution in [0.4, 0.5) is 0 Å². The molecule has 1 atom stereocenters. The minimum atomic E-state index is -0.439. The van der Waals surface area contributed by atoms with Crippen molar-refractivity contribution in [2.75, 3.05) is 32.9 Å². The number of rotatable bonds is 9. The van der Waals surface area contributed by atoms with E-state index in [-0.39, 0.29) is 5.60 Å². The molecule has 0 aromatic rings. The Hall–Kier alpha value is -0.160. The number of aliphatic hydroxyl groups is 1.